The van der Waals surface area contributed by atoms with Gasteiger partial charge >= 0.3 is 0 Å². The van der Waals surface area contributed by atoms with E-state index in [9.17, 15) is 4.39 Å². The summed E-state index contributed by atoms with van der Waals surface area (Å²) < 4.78 is 12.6. The van der Waals surface area contributed by atoms with Gasteiger partial charge in [-0.15, -0.1) is 0 Å². The zero-order valence-electron chi connectivity index (χ0n) is 10.1. The molecule has 0 atom stereocenters. The van der Waals surface area contributed by atoms with Crippen LogP contribution in [-0.2, 0) is 0 Å². The van der Waals surface area contributed by atoms with Crippen LogP contribution in [0.2, 0.25) is 0 Å². The Bertz CT molecular complexity index is 334. The van der Waals surface area contributed by atoms with Crippen LogP contribution in [0.4, 0.5) is 10.3 Å². The largest absolute Gasteiger partial charge is 0.353 e. The van der Waals surface area contributed by atoms with E-state index in [1.165, 1.54) is 12.4 Å². The minimum absolute atomic E-state index is 0.408. The van der Waals surface area contributed by atoms with Gasteiger partial charge in [0.25, 0.3) is 0 Å². The number of rotatable bonds is 4. The van der Waals surface area contributed by atoms with E-state index in [0.29, 0.717) is 5.95 Å². The Morgan fingerprint density at radius 3 is 2.53 bits per heavy atom. The quantitative estimate of drug-likeness (QED) is 0.817. The van der Waals surface area contributed by atoms with E-state index in [1.807, 2.05) is 0 Å². The first-order valence-electron chi connectivity index (χ1n) is 5.86. The number of anilines is 1. The smallest absolute Gasteiger partial charge is 0.222 e. The zero-order valence-corrected chi connectivity index (χ0v) is 10.1. The van der Waals surface area contributed by atoms with Crippen LogP contribution in [0.15, 0.2) is 12.4 Å². The molecule has 0 spiro atoms. The lowest BCUT2D eigenvalue weighted by molar-refractivity contribution is 0.158. The molecule has 1 aliphatic heterocycles. The number of nitrogens with zero attached hydrogens (tertiary/aromatic N) is 4. The molecular formula is C11H18FN5. The van der Waals surface area contributed by atoms with Crippen LogP contribution >= 0.6 is 0 Å². The molecule has 0 saturated carbocycles. The average molecular weight is 239 g/mol. The molecule has 1 saturated heterocycles. The molecule has 0 amide bonds. The van der Waals surface area contributed by atoms with Crippen molar-refractivity contribution in [1.29, 1.82) is 0 Å². The molecule has 0 unspecified atom stereocenters. The summed E-state index contributed by atoms with van der Waals surface area (Å²) in [5.41, 5.74) is 0. The van der Waals surface area contributed by atoms with Gasteiger partial charge in [-0.05, 0) is 7.05 Å². The van der Waals surface area contributed by atoms with Gasteiger partial charge in [0.1, 0.15) is 0 Å². The highest BCUT2D eigenvalue weighted by Gasteiger charge is 2.12. The molecule has 6 heteroatoms. The molecule has 0 aromatic carbocycles. The second kappa shape index (κ2) is 5.88. The normalized spacial score (nSPS) is 18.2. The van der Waals surface area contributed by atoms with Gasteiger partial charge in [0, 0.05) is 39.3 Å². The zero-order chi connectivity index (χ0) is 12.1. The summed E-state index contributed by atoms with van der Waals surface area (Å²) in [5, 5.41) is 3.09. The first-order valence-corrected chi connectivity index (χ1v) is 5.86. The number of hydrogen-bond acceptors (Lipinski definition) is 5. The topological polar surface area (TPSA) is 44.3 Å². The van der Waals surface area contributed by atoms with Crippen molar-refractivity contribution in [3.63, 3.8) is 0 Å². The molecule has 0 radical (unpaired) electrons. The van der Waals surface area contributed by atoms with E-state index in [-0.39, 0.29) is 0 Å². The fourth-order valence-corrected chi connectivity index (χ4v) is 1.80. The molecule has 0 bridgehead atoms. The van der Waals surface area contributed by atoms with Gasteiger partial charge in [-0.3, -0.25) is 4.90 Å². The summed E-state index contributed by atoms with van der Waals surface area (Å²) in [6.45, 7) is 6.19. The molecule has 1 fully saturated rings. The number of nitrogens with one attached hydrogen (secondary N) is 1. The van der Waals surface area contributed by atoms with Crippen molar-refractivity contribution in [2.75, 3.05) is 51.6 Å². The maximum Gasteiger partial charge on any atom is 0.222 e. The number of likely N-dealkylation sites (N-methyl/N-ethyl adjacent to an activating group) is 1. The Morgan fingerprint density at radius 2 is 1.88 bits per heavy atom. The van der Waals surface area contributed by atoms with Gasteiger partial charge in [-0.1, -0.05) is 0 Å². The number of piperazine rings is 1. The van der Waals surface area contributed by atoms with Crippen LogP contribution in [0.3, 0.4) is 0 Å². The predicted octanol–water partition coefficient (Wildman–Crippen LogP) is 0.275. The summed E-state index contributed by atoms with van der Waals surface area (Å²) in [7, 11) is 2.14. The highest BCUT2D eigenvalue weighted by atomic mass is 19.1. The molecule has 1 N–H and O–H groups in total. The third kappa shape index (κ3) is 3.90. The van der Waals surface area contributed by atoms with E-state index < -0.39 is 5.82 Å². The van der Waals surface area contributed by atoms with Crippen molar-refractivity contribution in [3.8, 4) is 0 Å². The molecule has 1 aromatic heterocycles. The van der Waals surface area contributed by atoms with E-state index in [1.54, 1.807) is 0 Å². The SMILES string of the molecule is CN1CCN(CCNc2ncc(F)cn2)CC1. The highest BCUT2D eigenvalue weighted by molar-refractivity contribution is 5.22. The van der Waals surface area contributed by atoms with Crippen LogP contribution < -0.4 is 5.32 Å². The number of aromatic nitrogens is 2. The Labute approximate surface area is 101 Å². The Hall–Kier alpha value is -1.27. The maximum absolute atomic E-state index is 12.6. The van der Waals surface area contributed by atoms with E-state index in [2.05, 4.69) is 32.1 Å². The van der Waals surface area contributed by atoms with E-state index in [4.69, 9.17) is 0 Å². The van der Waals surface area contributed by atoms with Gasteiger partial charge in [0.15, 0.2) is 5.82 Å². The summed E-state index contributed by atoms with van der Waals surface area (Å²) in [6, 6.07) is 0. The predicted molar refractivity (Wildman–Crippen MR) is 64.4 cm³/mol. The second-order valence-corrected chi connectivity index (χ2v) is 4.30. The van der Waals surface area contributed by atoms with E-state index in [0.717, 1.165) is 39.3 Å². The van der Waals surface area contributed by atoms with Crippen molar-refractivity contribution < 1.29 is 4.39 Å². The van der Waals surface area contributed by atoms with Gasteiger partial charge in [0.05, 0.1) is 12.4 Å². The van der Waals surface area contributed by atoms with Crippen LogP contribution in [0.25, 0.3) is 0 Å². The summed E-state index contributed by atoms with van der Waals surface area (Å²) in [5.74, 6) is 0.0788. The lowest BCUT2D eigenvalue weighted by Gasteiger charge is -2.32. The molecule has 2 heterocycles. The number of halogens is 1. The minimum atomic E-state index is -0.408. The lowest BCUT2D eigenvalue weighted by atomic mass is 10.3. The minimum Gasteiger partial charge on any atom is -0.353 e. The fraction of sp³-hybridized carbons (Fsp3) is 0.636. The molecule has 1 aliphatic rings. The third-order valence-electron chi connectivity index (χ3n) is 2.93. The molecular weight excluding hydrogens is 221 g/mol. The van der Waals surface area contributed by atoms with Crippen LogP contribution in [0, 0.1) is 5.82 Å². The van der Waals surface area contributed by atoms with Crippen molar-refractivity contribution in [1.82, 2.24) is 19.8 Å². The van der Waals surface area contributed by atoms with Gasteiger partial charge < -0.3 is 10.2 Å². The fourth-order valence-electron chi connectivity index (χ4n) is 1.80. The first kappa shape index (κ1) is 12.2. The molecule has 0 aliphatic carbocycles. The first-order chi connectivity index (χ1) is 8.24. The summed E-state index contributed by atoms with van der Waals surface area (Å²) >= 11 is 0. The van der Waals surface area contributed by atoms with Crippen LogP contribution in [-0.4, -0.2) is 66.1 Å². The summed E-state index contributed by atoms with van der Waals surface area (Å²) in [4.78, 5) is 12.4. The molecule has 94 valence electrons. The van der Waals surface area contributed by atoms with Crippen molar-refractivity contribution >= 4 is 5.95 Å². The highest BCUT2D eigenvalue weighted by Crippen LogP contribution is 2.00. The average Bonchev–Trinajstić information content (AvgIpc) is 2.34. The lowest BCUT2D eigenvalue weighted by Crippen LogP contribution is -2.45. The maximum atomic E-state index is 12.6. The molecule has 2 rings (SSSR count). The van der Waals surface area contributed by atoms with Crippen LogP contribution in [0.1, 0.15) is 0 Å². The Balaban J connectivity index is 1.67. The monoisotopic (exact) mass is 239 g/mol. The molecule has 5 nitrogen and oxygen atoms in total. The van der Waals surface area contributed by atoms with E-state index >= 15 is 0 Å². The van der Waals surface area contributed by atoms with Gasteiger partial charge in [0.2, 0.25) is 5.95 Å². The summed E-state index contributed by atoms with van der Waals surface area (Å²) in [6.07, 6.45) is 2.34. The van der Waals surface area contributed by atoms with Crippen molar-refractivity contribution in [2.45, 2.75) is 0 Å². The van der Waals surface area contributed by atoms with Gasteiger partial charge in [-0.25, -0.2) is 14.4 Å². The van der Waals surface area contributed by atoms with Crippen LogP contribution in [0.5, 0.6) is 0 Å². The third-order valence-corrected chi connectivity index (χ3v) is 2.93. The standard InChI is InChI=1S/C11H18FN5/c1-16-4-6-17(7-5-16)3-2-13-11-14-8-10(12)9-15-11/h8-9H,2-7H2,1H3,(H,13,14,15). The van der Waals surface area contributed by atoms with Crippen molar-refractivity contribution in [2.24, 2.45) is 0 Å². The van der Waals surface area contributed by atoms with Gasteiger partial charge in [-0.2, -0.15) is 0 Å². The second-order valence-electron chi connectivity index (χ2n) is 4.30. The Morgan fingerprint density at radius 1 is 1.24 bits per heavy atom. The Kier molecular flexibility index (Phi) is 4.22. The molecule has 17 heavy (non-hydrogen) atoms. The van der Waals surface area contributed by atoms with Crippen molar-refractivity contribution in [3.05, 3.63) is 18.2 Å². The number of hydrogen-bond donors (Lipinski definition) is 1. The molecule has 1 aromatic rings.